The third kappa shape index (κ3) is 6.91. The topological polar surface area (TPSA) is 87.7 Å². The summed E-state index contributed by atoms with van der Waals surface area (Å²) in [5, 5.41) is 0. The molecule has 0 bridgehead atoms. The van der Waals surface area contributed by atoms with Crippen LogP contribution in [-0.4, -0.2) is 19.6 Å². The van der Waals surface area contributed by atoms with Crippen LogP contribution >= 0.6 is 0 Å². The first kappa shape index (κ1) is 10.0. The smallest absolute Gasteiger partial charge is 0.299 e. The van der Waals surface area contributed by atoms with Gasteiger partial charge in [-0.15, -0.1) is 0 Å². The lowest BCUT2D eigenvalue weighted by Crippen LogP contribution is -1.74. The first-order chi connectivity index (χ1) is 5.16. The van der Waals surface area contributed by atoms with Crippen LogP contribution in [0.3, 0.4) is 0 Å². The number of aldehydes is 1. The van der Waals surface area contributed by atoms with Crippen molar-refractivity contribution in [1.29, 1.82) is 0 Å². The zero-order chi connectivity index (χ0) is 8.69. The van der Waals surface area contributed by atoms with E-state index < -0.39 is 11.4 Å². The quantitative estimate of drug-likeness (QED) is 0.490. The molecule has 0 radical (unpaired) electrons. The first-order valence-electron chi connectivity index (χ1n) is 2.45. The molecule has 6 heteroatoms. The molecule has 2 N–H and O–H groups in total. The molecule has 0 unspecified atom stereocenters. The molecule has 0 aliphatic carbocycles. The highest BCUT2D eigenvalue weighted by molar-refractivity contribution is 7.73. The second-order valence-electron chi connectivity index (χ2n) is 1.36. The molecule has 0 saturated carbocycles. The largest absolute Gasteiger partial charge is 0.462 e. The Morgan fingerprint density at radius 1 is 1.55 bits per heavy atom. The Labute approximate surface area is 65.1 Å². The summed E-state index contributed by atoms with van der Waals surface area (Å²) in [7, 11) is 0. The Kier molecular flexibility index (Phi) is 5.26. The van der Waals surface area contributed by atoms with Gasteiger partial charge in [-0.1, -0.05) is 0 Å². The van der Waals surface area contributed by atoms with Crippen molar-refractivity contribution < 1.29 is 22.5 Å². The fourth-order valence-electron chi connectivity index (χ4n) is 0.358. The fourth-order valence-corrected chi connectivity index (χ4v) is 0.358. The van der Waals surface area contributed by atoms with Crippen molar-refractivity contribution in [3.05, 3.63) is 24.2 Å². The molecule has 0 aromatic carbocycles. The van der Waals surface area contributed by atoms with Gasteiger partial charge in [0.15, 0.2) is 12.0 Å². The van der Waals surface area contributed by atoms with E-state index in [-0.39, 0.29) is 0 Å². The standard InChI is InChI=1S/C5H4O2.H2O3S/c6-4-5-2-1-3-7-5;1-4(2)3/h1-4H;(H2,1,2,3). The van der Waals surface area contributed by atoms with Crippen LogP contribution in [0.4, 0.5) is 0 Å². The number of carbonyl (C=O) groups excluding carboxylic acids is 1. The maximum absolute atomic E-state index is 9.77. The van der Waals surface area contributed by atoms with Crippen LogP contribution in [0.2, 0.25) is 0 Å². The van der Waals surface area contributed by atoms with E-state index in [1.807, 2.05) is 0 Å². The molecule has 5 nitrogen and oxygen atoms in total. The molecule has 0 amide bonds. The van der Waals surface area contributed by atoms with Gasteiger partial charge in [0.05, 0.1) is 6.26 Å². The van der Waals surface area contributed by atoms with Gasteiger partial charge >= 0.3 is 0 Å². The molecule has 1 rings (SSSR count). The molecule has 62 valence electrons. The molecule has 0 saturated heterocycles. The van der Waals surface area contributed by atoms with Crippen LogP contribution in [0.5, 0.6) is 0 Å². The third-order valence-electron chi connectivity index (χ3n) is 0.659. The summed E-state index contributed by atoms with van der Waals surface area (Å²) < 4.78 is 27.4. The van der Waals surface area contributed by atoms with Crippen LogP contribution < -0.4 is 0 Å². The average molecular weight is 178 g/mol. The van der Waals surface area contributed by atoms with Crippen LogP contribution in [-0.2, 0) is 11.4 Å². The van der Waals surface area contributed by atoms with Gasteiger partial charge in [0, 0.05) is 0 Å². The van der Waals surface area contributed by atoms with Crippen LogP contribution in [0.1, 0.15) is 10.6 Å². The molecule has 0 spiro atoms. The van der Waals surface area contributed by atoms with E-state index in [2.05, 4.69) is 4.42 Å². The van der Waals surface area contributed by atoms with E-state index in [0.717, 1.165) is 0 Å². The van der Waals surface area contributed by atoms with Gasteiger partial charge in [0.25, 0.3) is 11.4 Å². The van der Waals surface area contributed by atoms with E-state index in [9.17, 15) is 4.79 Å². The van der Waals surface area contributed by atoms with E-state index in [1.165, 1.54) is 6.26 Å². The summed E-state index contributed by atoms with van der Waals surface area (Å²) in [5.41, 5.74) is 0. The van der Waals surface area contributed by atoms with Crippen molar-refractivity contribution in [2.24, 2.45) is 0 Å². The Morgan fingerprint density at radius 2 is 2.09 bits per heavy atom. The average Bonchev–Trinajstić information content (AvgIpc) is 2.36. The van der Waals surface area contributed by atoms with Crippen molar-refractivity contribution in [3.8, 4) is 0 Å². The lowest BCUT2D eigenvalue weighted by Gasteiger charge is -1.68. The van der Waals surface area contributed by atoms with Gasteiger partial charge in [-0.25, -0.2) is 0 Å². The zero-order valence-corrected chi connectivity index (χ0v) is 6.15. The first-order valence-corrected chi connectivity index (χ1v) is 3.51. The summed E-state index contributed by atoms with van der Waals surface area (Å²) in [5.74, 6) is 0.375. The lowest BCUT2D eigenvalue weighted by molar-refractivity contribution is 0.110. The molecular formula is C5H6O5S. The van der Waals surface area contributed by atoms with E-state index in [1.54, 1.807) is 12.1 Å². The van der Waals surface area contributed by atoms with Crippen LogP contribution in [0.25, 0.3) is 0 Å². The predicted octanol–water partition coefficient (Wildman–Crippen LogP) is 0.773. The minimum Gasteiger partial charge on any atom is -0.462 e. The second kappa shape index (κ2) is 5.78. The minimum absolute atomic E-state index is 0.375. The summed E-state index contributed by atoms with van der Waals surface area (Å²) in [6.07, 6.45) is 2.13. The van der Waals surface area contributed by atoms with Gasteiger partial charge in [-0.3, -0.25) is 13.9 Å². The normalized spacial score (nSPS) is 8.64. The number of hydrogen-bond donors (Lipinski definition) is 2. The molecule has 1 aromatic rings. The van der Waals surface area contributed by atoms with E-state index in [0.29, 0.717) is 12.0 Å². The third-order valence-corrected chi connectivity index (χ3v) is 0.659. The Morgan fingerprint density at radius 3 is 2.27 bits per heavy atom. The van der Waals surface area contributed by atoms with Crippen molar-refractivity contribution in [1.82, 2.24) is 0 Å². The molecule has 0 atom stereocenters. The maximum atomic E-state index is 9.77. The molecule has 0 fully saturated rings. The number of hydrogen-bond acceptors (Lipinski definition) is 3. The summed E-state index contributed by atoms with van der Waals surface area (Å²) in [6.45, 7) is 0. The van der Waals surface area contributed by atoms with Gasteiger partial charge in [-0.2, -0.15) is 4.21 Å². The molecule has 0 aliphatic heterocycles. The van der Waals surface area contributed by atoms with Crippen molar-refractivity contribution in [2.45, 2.75) is 0 Å². The lowest BCUT2D eigenvalue weighted by atomic mass is 10.5. The molecule has 11 heavy (non-hydrogen) atoms. The minimum atomic E-state index is -2.61. The van der Waals surface area contributed by atoms with Crippen LogP contribution in [0.15, 0.2) is 22.8 Å². The molecule has 1 heterocycles. The van der Waals surface area contributed by atoms with Crippen molar-refractivity contribution >= 4 is 17.6 Å². The Balaban J connectivity index is 0.000000218. The predicted molar refractivity (Wildman–Crippen MR) is 37.5 cm³/mol. The monoisotopic (exact) mass is 178 g/mol. The van der Waals surface area contributed by atoms with E-state index >= 15 is 0 Å². The highest BCUT2D eigenvalue weighted by Gasteiger charge is 1.84. The summed E-state index contributed by atoms with van der Waals surface area (Å²) in [4.78, 5) is 9.77. The number of carbonyl (C=O) groups is 1. The second-order valence-corrected chi connectivity index (χ2v) is 1.83. The molecular weight excluding hydrogens is 172 g/mol. The van der Waals surface area contributed by atoms with Gasteiger partial charge < -0.3 is 4.42 Å². The summed E-state index contributed by atoms with van der Waals surface area (Å²) >= 11 is -2.61. The van der Waals surface area contributed by atoms with Gasteiger partial charge in [-0.05, 0) is 12.1 Å². The van der Waals surface area contributed by atoms with Crippen LogP contribution in [0, 0.1) is 0 Å². The molecule has 0 aliphatic rings. The number of furan rings is 1. The van der Waals surface area contributed by atoms with Gasteiger partial charge in [0.1, 0.15) is 0 Å². The maximum Gasteiger partial charge on any atom is 0.299 e. The Bertz CT molecular complexity index is 213. The van der Waals surface area contributed by atoms with Crippen molar-refractivity contribution in [2.75, 3.05) is 0 Å². The highest BCUT2D eigenvalue weighted by atomic mass is 32.2. The Hall–Kier alpha value is -0.980. The zero-order valence-electron chi connectivity index (χ0n) is 5.34. The fraction of sp³-hybridized carbons (Fsp3) is 0. The number of rotatable bonds is 1. The summed E-state index contributed by atoms with van der Waals surface area (Å²) in [6, 6.07) is 3.27. The van der Waals surface area contributed by atoms with Gasteiger partial charge in [0.2, 0.25) is 0 Å². The highest BCUT2D eigenvalue weighted by Crippen LogP contribution is 1.92. The molecule has 1 aromatic heterocycles. The van der Waals surface area contributed by atoms with Crippen molar-refractivity contribution in [3.63, 3.8) is 0 Å². The van der Waals surface area contributed by atoms with E-state index in [4.69, 9.17) is 13.3 Å². The SMILES string of the molecule is O=Cc1ccco1.O=S(O)O.